The molecule has 1 saturated carbocycles. The van der Waals surface area contributed by atoms with E-state index in [0.29, 0.717) is 41.7 Å². The van der Waals surface area contributed by atoms with Gasteiger partial charge in [-0.25, -0.2) is 8.42 Å². The van der Waals surface area contributed by atoms with Crippen LogP contribution in [0.15, 0.2) is 47.4 Å². The van der Waals surface area contributed by atoms with Gasteiger partial charge in [-0.1, -0.05) is 30.4 Å². The maximum absolute atomic E-state index is 12.6. The molecule has 0 amide bonds. The zero-order valence-electron chi connectivity index (χ0n) is 10.6. The van der Waals surface area contributed by atoms with Crippen molar-refractivity contribution in [3.05, 3.63) is 42.5 Å². The van der Waals surface area contributed by atoms with Gasteiger partial charge in [0.25, 0.3) is 0 Å². The first kappa shape index (κ1) is 11.7. The third-order valence-electron chi connectivity index (χ3n) is 5.01. The van der Waals surface area contributed by atoms with E-state index in [4.69, 9.17) is 0 Å². The van der Waals surface area contributed by atoms with Gasteiger partial charge in [0.05, 0.1) is 4.90 Å². The van der Waals surface area contributed by atoms with Crippen molar-refractivity contribution in [1.29, 1.82) is 0 Å². The van der Waals surface area contributed by atoms with Crippen LogP contribution in [0.25, 0.3) is 0 Å². The van der Waals surface area contributed by atoms with Crippen molar-refractivity contribution >= 4 is 10.0 Å². The standard InChI is InChI=1S/C15H17NO2S/c17-19(18,13-4-2-1-3-5-13)16-9-14-11-6-7-12(8-11)15(14)10-16/h1-7,11-12,14-15H,8-10H2/t11-,12-,14-,15-/m0/s1. The van der Waals surface area contributed by atoms with Gasteiger partial charge in [-0.3, -0.25) is 0 Å². The van der Waals surface area contributed by atoms with Crippen LogP contribution in [0.3, 0.4) is 0 Å². The SMILES string of the molecule is O=S(=O)(c1ccccc1)N1C[C@@H]2[C@@H](C1)[C@H]1C=C[C@H]2C1. The van der Waals surface area contributed by atoms with Gasteiger partial charge in [-0.2, -0.15) is 4.31 Å². The number of hydrogen-bond acceptors (Lipinski definition) is 2. The molecule has 100 valence electrons. The van der Waals surface area contributed by atoms with Crippen molar-refractivity contribution < 1.29 is 8.42 Å². The average molecular weight is 275 g/mol. The average Bonchev–Trinajstić information content (AvgIpc) is 3.12. The summed E-state index contributed by atoms with van der Waals surface area (Å²) in [6.45, 7) is 1.40. The van der Waals surface area contributed by atoms with Crippen LogP contribution in [-0.4, -0.2) is 25.8 Å². The fraction of sp³-hybridized carbons (Fsp3) is 0.467. The fourth-order valence-corrected chi connectivity index (χ4v) is 5.59. The molecular formula is C15H17NO2S. The van der Waals surface area contributed by atoms with Gasteiger partial charge in [-0.05, 0) is 42.2 Å². The number of sulfonamides is 1. The maximum atomic E-state index is 12.6. The second kappa shape index (κ2) is 3.93. The zero-order valence-corrected chi connectivity index (χ0v) is 11.5. The van der Waals surface area contributed by atoms with E-state index in [1.807, 2.05) is 6.07 Å². The lowest BCUT2D eigenvalue weighted by Gasteiger charge is -2.18. The molecule has 1 aromatic rings. The molecule has 2 bridgehead atoms. The summed E-state index contributed by atoms with van der Waals surface area (Å²) in [5.41, 5.74) is 0. The van der Waals surface area contributed by atoms with Crippen LogP contribution in [0.2, 0.25) is 0 Å². The Balaban J connectivity index is 1.63. The smallest absolute Gasteiger partial charge is 0.207 e. The first-order valence-corrected chi connectivity index (χ1v) is 8.34. The first-order valence-electron chi connectivity index (χ1n) is 6.90. The van der Waals surface area contributed by atoms with E-state index < -0.39 is 10.0 Å². The molecule has 0 radical (unpaired) electrons. The van der Waals surface area contributed by atoms with Crippen LogP contribution in [0.1, 0.15) is 6.42 Å². The molecule has 4 heteroatoms. The predicted molar refractivity (Wildman–Crippen MR) is 72.9 cm³/mol. The molecule has 3 nitrogen and oxygen atoms in total. The lowest BCUT2D eigenvalue weighted by molar-refractivity contribution is 0.395. The van der Waals surface area contributed by atoms with E-state index in [0.717, 1.165) is 0 Å². The van der Waals surface area contributed by atoms with Gasteiger partial charge >= 0.3 is 0 Å². The molecular weight excluding hydrogens is 258 g/mol. The Labute approximate surface area is 114 Å². The highest BCUT2D eigenvalue weighted by molar-refractivity contribution is 7.89. The predicted octanol–water partition coefficient (Wildman–Crippen LogP) is 2.13. The second-order valence-electron chi connectivity index (χ2n) is 5.91. The minimum atomic E-state index is -3.29. The minimum Gasteiger partial charge on any atom is -0.207 e. The van der Waals surface area contributed by atoms with Gasteiger partial charge in [0, 0.05) is 13.1 Å². The first-order chi connectivity index (χ1) is 9.16. The third-order valence-corrected chi connectivity index (χ3v) is 6.86. The van der Waals surface area contributed by atoms with E-state index >= 15 is 0 Å². The summed E-state index contributed by atoms with van der Waals surface area (Å²) in [5, 5.41) is 0. The highest BCUT2D eigenvalue weighted by Crippen LogP contribution is 2.52. The summed E-state index contributed by atoms with van der Waals surface area (Å²) in [4.78, 5) is 0.426. The minimum absolute atomic E-state index is 0.426. The van der Waals surface area contributed by atoms with Gasteiger partial charge < -0.3 is 0 Å². The molecule has 0 N–H and O–H groups in total. The zero-order chi connectivity index (χ0) is 13.0. The van der Waals surface area contributed by atoms with Crippen LogP contribution in [0.5, 0.6) is 0 Å². The number of allylic oxidation sites excluding steroid dienone is 2. The molecule has 3 aliphatic rings. The van der Waals surface area contributed by atoms with Crippen LogP contribution in [0.4, 0.5) is 0 Å². The number of hydrogen-bond donors (Lipinski definition) is 0. The normalized spacial score (nSPS) is 36.8. The Kier molecular flexibility index (Phi) is 2.42. The summed E-state index contributed by atoms with van der Waals surface area (Å²) in [5.74, 6) is 2.33. The van der Waals surface area contributed by atoms with Crippen molar-refractivity contribution in [2.45, 2.75) is 11.3 Å². The fourth-order valence-electron chi connectivity index (χ4n) is 4.05. The van der Waals surface area contributed by atoms with Crippen LogP contribution in [-0.2, 0) is 10.0 Å². The summed E-state index contributed by atoms with van der Waals surface area (Å²) in [6, 6.07) is 8.80. The van der Waals surface area contributed by atoms with Crippen molar-refractivity contribution in [3.63, 3.8) is 0 Å². The van der Waals surface area contributed by atoms with E-state index in [-0.39, 0.29) is 0 Å². The molecule has 1 saturated heterocycles. The number of benzene rings is 1. The highest BCUT2D eigenvalue weighted by Gasteiger charge is 2.51. The number of rotatable bonds is 2. The summed E-state index contributed by atoms with van der Waals surface area (Å²) >= 11 is 0. The molecule has 1 aromatic carbocycles. The molecule has 0 spiro atoms. The molecule has 0 aromatic heterocycles. The van der Waals surface area contributed by atoms with Gasteiger partial charge in [0.1, 0.15) is 0 Å². The van der Waals surface area contributed by atoms with E-state index in [1.165, 1.54) is 6.42 Å². The lowest BCUT2D eigenvalue weighted by Crippen LogP contribution is -2.30. The molecule has 4 atom stereocenters. The maximum Gasteiger partial charge on any atom is 0.243 e. The van der Waals surface area contributed by atoms with Crippen LogP contribution < -0.4 is 0 Å². The molecule has 0 unspecified atom stereocenters. The Morgan fingerprint density at radius 2 is 1.53 bits per heavy atom. The largest absolute Gasteiger partial charge is 0.243 e. The molecule has 1 aliphatic heterocycles. The molecule has 4 rings (SSSR count). The topological polar surface area (TPSA) is 37.4 Å². The van der Waals surface area contributed by atoms with Gasteiger partial charge in [-0.15, -0.1) is 0 Å². The van der Waals surface area contributed by atoms with E-state index in [2.05, 4.69) is 12.2 Å². The van der Waals surface area contributed by atoms with Crippen molar-refractivity contribution in [1.82, 2.24) is 4.31 Å². The van der Waals surface area contributed by atoms with Crippen molar-refractivity contribution in [2.75, 3.05) is 13.1 Å². The summed E-state index contributed by atoms with van der Waals surface area (Å²) < 4.78 is 26.9. The lowest BCUT2D eigenvalue weighted by atomic mass is 9.86. The van der Waals surface area contributed by atoms with Gasteiger partial charge in [0.2, 0.25) is 10.0 Å². The quantitative estimate of drug-likeness (QED) is 0.775. The Bertz CT molecular complexity index is 603. The monoisotopic (exact) mass is 275 g/mol. The Morgan fingerprint density at radius 3 is 2.11 bits per heavy atom. The third kappa shape index (κ3) is 1.63. The van der Waals surface area contributed by atoms with E-state index in [9.17, 15) is 8.42 Å². The number of fused-ring (bicyclic) bond motifs is 5. The molecule has 2 fully saturated rings. The Hall–Kier alpha value is -1.13. The second-order valence-corrected chi connectivity index (χ2v) is 7.85. The highest BCUT2D eigenvalue weighted by atomic mass is 32.2. The van der Waals surface area contributed by atoms with Crippen LogP contribution >= 0.6 is 0 Å². The van der Waals surface area contributed by atoms with E-state index in [1.54, 1.807) is 28.6 Å². The summed E-state index contributed by atoms with van der Waals surface area (Å²) in [6.07, 6.45) is 5.84. The Morgan fingerprint density at radius 1 is 0.947 bits per heavy atom. The number of nitrogens with zero attached hydrogens (tertiary/aromatic N) is 1. The molecule has 1 heterocycles. The van der Waals surface area contributed by atoms with Crippen LogP contribution in [0, 0.1) is 23.7 Å². The molecule has 2 aliphatic carbocycles. The van der Waals surface area contributed by atoms with Gasteiger partial charge in [0.15, 0.2) is 0 Å². The van der Waals surface area contributed by atoms with Crippen molar-refractivity contribution in [2.24, 2.45) is 23.7 Å². The summed E-state index contributed by atoms with van der Waals surface area (Å²) in [7, 11) is -3.29. The molecule has 19 heavy (non-hydrogen) atoms. The van der Waals surface area contributed by atoms with Crippen molar-refractivity contribution in [3.8, 4) is 0 Å².